The Morgan fingerprint density at radius 1 is 1.24 bits per heavy atom. The third-order valence-corrected chi connectivity index (χ3v) is 5.26. The Bertz CT molecular complexity index is 1390. The largest absolute Gasteiger partial charge is 0.494 e. The number of hydrogen-bond donors (Lipinski definition) is 2. The number of hydrogen-bond acceptors (Lipinski definition) is 8. The fraction of sp³-hybridized carbons (Fsp3) is 0.409. The Hall–Kier alpha value is -4.01. The van der Waals surface area contributed by atoms with Crippen LogP contribution in [0.15, 0.2) is 16.9 Å². The molecular weight excluding hydrogens is 504 g/mol. The minimum absolute atomic E-state index is 0.0665. The predicted octanol–water partition coefficient (Wildman–Crippen LogP) is 2.68. The number of aromatic nitrogens is 5. The van der Waals surface area contributed by atoms with Gasteiger partial charge in [-0.05, 0) is 33.8 Å². The highest BCUT2D eigenvalue weighted by molar-refractivity contribution is 6.07. The summed E-state index contributed by atoms with van der Waals surface area (Å²) in [5, 5.41) is 15.7. The maximum atomic E-state index is 15.2. The minimum Gasteiger partial charge on any atom is -0.494 e. The summed E-state index contributed by atoms with van der Waals surface area (Å²) in [7, 11) is 1.34. The van der Waals surface area contributed by atoms with Crippen LogP contribution in [-0.4, -0.2) is 54.7 Å². The van der Waals surface area contributed by atoms with Crippen molar-refractivity contribution in [3.8, 4) is 17.4 Å². The van der Waals surface area contributed by atoms with Crippen LogP contribution >= 0.6 is 0 Å². The molecule has 0 aliphatic rings. The van der Waals surface area contributed by atoms with E-state index in [2.05, 4.69) is 20.4 Å². The van der Waals surface area contributed by atoms with Crippen molar-refractivity contribution in [1.29, 1.82) is 0 Å². The van der Waals surface area contributed by atoms with Gasteiger partial charge in [-0.2, -0.15) is 22.8 Å². The number of rotatable bonds is 8. The first-order chi connectivity index (χ1) is 17.3. The van der Waals surface area contributed by atoms with Crippen molar-refractivity contribution >= 4 is 11.6 Å². The van der Waals surface area contributed by atoms with E-state index < -0.39 is 53.6 Å². The first-order valence-corrected chi connectivity index (χ1v) is 10.9. The fourth-order valence-electron chi connectivity index (χ4n) is 3.39. The average molecular weight is 528 g/mol. The zero-order chi connectivity index (χ0) is 27.7. The predicted molar refractivity (Wildman–Crippen MR) is 122 cm³/mol. The Morgan fingerprint density at radius 2 is 1.92 bits per heavy atom. The van der Waals surface area contributed by atoms with Gasteiger partial charge >= 0.3 is 11.9 Å². The van der Waals surface area contributed by atoms with Gasteiger partial charge in [-0.15, -0.1) is 5.10 Å². The van der Waals surface area contributed by atoms with Crippen LogP contribution in [0.4, 0.5) is 23.2 Å². The second kappa shape index (κ2) is 10.5. The van der Waals surface area contributed by atoms with E-state index >= 15 is 4.39 Å². The normalized spacial score (nSPS) is 12.4. The Labute approximate surface area is 207 Å². The summed E-state index contributed by atoms with van der Waals surface area (Å²) in [4.78, 5) is 33.7. The molecule has 0 aromatic carbocycles. The monoisotopic (exact) mass is 528 g/mol. The van der Waals surface area contributed by atoms with Crippen molar-refractivity contribution in [1.82, 2.24) is 24.3 Å². The molecule has 15 heteroatoms. The molecule has 37 heavy (non-hydrogen) atoms. The molecule has 1 atom stereocenters. The van der Waals surface area contributed by atoms with Crippen molar-refractivity contribution < 1.29 is 36.9 Å². The number of carbonyl (C=O) groups is 1. The lowest BCUT2D eigenvalue weighted by atomic mass is 10.2. The molecule has 3 aromatic heterocycles. The van der Waals surface area contributed by atoms with E-state index in [1.807, 2.05) is 0 Å². The molecular formula is C22H24F4N6O5. The van der Waals surface area contributed by atoms with E-state index in [0.717, 1.165) is 4.57 Å². The number of aliphatic hydroxyl groups is 1. The Morgan fingerprint density at radius 3 is 2.46 bits per heavy atom. The average Bonchev–Trinajstić information content (AvgIpc) is 3.15. The molecule has 2 N–H and O–H groups in total. The molecule has 0 saturated carbocycles. The molecule has 0 radical (unpaired) electrons. The number of methoxy groups -OCH3 is 1. The SMILES string of the molecule is CCn1c(CO)nn(-c2nc(OC(C)C(F)(F)F)c(C(=O)Nc3c(OC)cc(C)nc3C)cc2F)c1=O. The van der Waals surface area contributed by atoms with Crippen LogP contribution in [0.3, 0.4) is 0 Å². The highest BCUT2D eigenvalue weighted by atomic mass is 19.4. The number of halogens is 4. The van der Waals surface area contributed by atoms with Gasteiger partial charge in [0.05, 0.1) is 12.8 Å². The number of nitrogens with one attached hydrogen (secondary N) is 1. The quantitative estimate of drug-likeness (QED) is 0.427. The Balaban J connectivity index is 2.16. The van der Waals surface area contributed by atoms with Gasteiger partial charge in [0.2, 0.25) is 5.88 Å². The third kappa shape index (κ3) is 5.55. The van der Waals surface area contributed by atoms with Crippen LogP contribution in [0.1, 0.15) is 41.4 Å². The smallest absolute Gasteiger partial charge is 0.425 e. The number of nitrogens with zero attached hydrogens (tertiary/aromatic N) is 5. The molecule has 3 aromatic rings. The molecule has 0 bridgehead atoms. The van der Waals surface area contributed by atoms with Crippen LogP contribution in [0.5, 0.6) is 11.6 Å². The number of anilines is 1. The van der Waals surface area contributed by atoms with Gasteiger partial charge in [0.1, 0.15) is 23.6 Å². The van der Waals surface area contributed by atoms with E-state index in [0.29, 0.717) is 29.1 Å². The number of carbonyl (C=O) groups excluding carboxylic acids is 1. The van der Waals surface area contributed by atoms with Crippen LogP contribution in [-0.2, 0) is 13.2 Å². The van der Waals surface area contributed by atoms with Crippen molar-refractivity contribution in [3.05, 3.63) is 51.2 Å². The zero-order valence-electron chi connectivity index (χ0n) is 20.5. The molecule has 1 unspecified atom stereocenters. The maximum Gasteiger partial charge on any atom is 0.425 e. The van der Waals surface area contributed by atoms with Gasteiger partial charge in [-0.1, -0.05) is 0 Å². The molecule has 1 amide bonds. The molecule has 3 rings (SSSR count). The van der Waals surface area contributed by atoms with Crippen LogP contribution < -0.4 is 20.5 Å². The topological polar surface area (TPSA) is 133 Å². The second-order valence-electron chi connectivity index (χ2n) is 7.84. The standard InChI is InChI=1S/C22H24F4N6O5/c1-6-31-16(9-33)30-32(21(31)35)18-14(23)8-13(20(29-18)37-12(4)22(24,25)26)19(34)28-17-11(3)27-10(2)7-15(17)36-5/h7-8,12,33H,6,9H2,1-5H3,(H,28,34). The fourth-order valence-corrected chi connectivity index (χ4v) is 3.39. The lowest BCUT2D eigenvalue weighted by molar-refractivity contribution is -0.190. The minimum atomic E-state index is -4.85. The molecule has 0 aliphatic carbocycles. The summed E-state index contributed by atoms with van der Waals surface area (Å²) in [5.74, 6) is -3.97. The van der Waals surface area contributed by atoms with Crippen molar-refractivity contribution in [2.45, 2.75) is 53.1 Å². The number of amides is 1. The summed E-state index contributed by atoms with van der Waals surface area (Å²) < 4.78 is 66.6. The number of aliphatic hydroxyl groups excluding tert-OH is 1. The summed E-state index contributed by atoms with van der Waals surface area (Å²) in [6, 6.07) is 2.10. The van der Waals surface area contributed by atoms with Crippen molar-refractivity contribution in [2.75, 3.05) is 12.4 Å². The van der Waals surface area contributed by atoms with Gasteiger partial charge in [0.15, 0.2) is 23.6 Å². The number of pyridine rings is 2. The molecule has 3 heterocycles. The third-order valence-electron chi connectivity index (χ3n) is 5.26. The number of ether oxygens (including phenoxy) is 2. The molecule has 0 aliphatic heterocycles. The van der Waals surface area contributed by atoms with E-state index in [1.54, 1.807) is 20.8 Å². The van der Waals surface area contributed by atoms with Gasteiger partial charge in [0, 0.05) is 18.3 Å². The highest BCUT2D eigenvalue weighted by Crippen LogP contribution is 2.31. The summed E-state index contributed by atoms with van der Waals surface area (Å²) in [5.41, 5.74) is -0.593. The number of aryl methyl sites for hydroxylation is 2. The summed E-state index contributed by atoms with van der Waals surface area (Å²) in [6.45, 7) is 4.89. The molecule has 0 saturated heterocycles. The highest BCUT2D eigenvalue weighted by Gasteiger charge is 2.39. The lowest BCUT2D eigenvalue weighted by Gasteiger charge is -2.20. The Kier molecular flexibility index (Phi) is 7.86. The van der Waals surface area contributed by atoms with E-state index in [1.165, 1.54) is 13.2 Å². The zero-order valence-corrected chi connectivity index (χ0v) is 20.5. The molecule has 11 nitrogen and oxygen atoms in total. The van der Waals surface area contributed by atoms with E-state index in [4.69, 9.17) is 9.47 Å². The van der Waals surface area contributed by atoms with Crippen molar-refractivity contribution in [3.63, 3.8) is 0 Å². The first kappa shape index (κ1) is 27.6. The van der Waals surface area contributed by atoms with Gasteiger partial charge < -0.3 is 19.9 Å². The van der Waals surface area contributed by atoms with Crippen LogP contribution in [0.2, 0.25) is 0 Å². The molecule has 0 fully saturated rings. The van der Waals surface area contributed by atoms with Gasteiger partial charge in [-0.25, -0.2) is 9.18 Å². The van der Waals surface area contributed by atoms with Crippen molar-refractivity contribution in [2.24, 2.45) is 0 Å². The van der Waals surface area contributed by atoms with Crippen LogP contribution in [0, 0.1) is 19.7 Å². The van der Waals surface area contributed by atoms with Gasteiger partial charge in [-0.3, -0.25) is 14.3 Å². The summed E-state index contributed by atoms with van der Waals surface area (Å²) in [6.07, 6.45) is -7.30. The first-order valence-electron chi connectivity index (χ1n) is 10.9. The van der Waals surface area contributed by atoms with E-state index in [-0.39, 0.29) is 23.8 Å². The van der Waals surface area contributed by atoms with Gasteiger partial charge in [0.25, 0.3) is 5.91 Å². The molecule has 200 valence electrons. The number of alkyl halides is 3. The molecule has 0 spiro atoms. The summed E-state index contributed by atoms with van der Waals surface area (Å²) >= 11 is 0. The van der Waals surface area contributed by atoms with Crippen LogP contribution in [0.25, 0.3) is 5.82 Å². The maximum absolute atomic E-state index is 15.2. The second-order valence-corrected chi connectivity index (χ2v) is 7.84. The lowest BCUT2D eigenvalue weighted by Crippen LogP contribution is -2.33. The van der Waals surface area contributed by atoms with E-state index in [9.17, 15) is 27.9 Å².